The number of nitrogens with zero attached hydrogens (tertiary/aromatic N) is 1. The molecule has 1 aliphatic heterocycles. The minimum absolute atomic E-state index is 0.168. The van der Waals surface area contributed by atoms with Gasteiger partial charge >= 0.3 is 6.09 Å². The Morgan fingerprint density at radius 2 is 1.80 bits per heavy atom. The number of rotatable bonds is 2. The highest BCUT2D eigenvalue weighted by Crippen LogP contribution is 2.27. The molecular weight excluding hydrogens is 320 g/mol. The molecule has 2 N–H and O–H groups in total. The molecule has 1 heterocycles. The fourth-order valence-corrected chi connectivity index (χ4v) is 3.09. The molecule has 1 aromatic rings. The minimum atomic E-state index is -0.598. The maximum Gasteiger partial charge on any atom is 0.410 e. The Kier molecular flexibility index (Phi) is 5.60. The molecule has 2 rings (SSSR count). The Morgan fingerprint density at radius 3 is 2.36 bits per heavy atom. The van der Waals surface area contributed by atoms with Crippen LogP contribution < -0.4 is 5.32 Å². The fourth-order valence-electron chi connectivity index (χ4n) is 3.09. The highest BCUT2D eigenvalue weighted by molar-refractivity contribution is 5.98. The summed E-state index contributed by atoms with van der Waals surface area (Å²) in [6, 6.07) is 2.67. The van der Waals surface area contributed by atoms with E-state index in [0.29, 0.717) is 18.7 Å². The van der Waals surface area contributed by atoms with Crippen LogP contribution in [-0.2, 0) is 9.53 Å². The monoisotopic (exact) mass is 348 g/mol. The van der Waals surface area contributed by atoms with Gasteiger partial charge in [0.05, 0.1) is 0 Å². The zero-order chi connectivity index (χ0) is 18.8. The first kappa shape index (κ1) is 19.1. The van der Waals surface area contributed by atoms with Gasteiger partial charge in [-0.2, -0.15) is 0 Å². The van der Waals surface area contributed by atoms with E-state index in [1.54, 1.807) is 12.1 Å². The number of carbonyl (C=O) groups is 2. The molecule has 0 aliphatic carbocycles. The lowest BCUT2D eigenvalue weighted by atomic mass is 10.0. The average Bonchev–Trinajstić information content (AvgIpc) is 2.49. The van der Waals surface area contributed by atoms with E-state index < -0.39 is 17.7 Å². The number of nitrogens with one attached hydrogen (secondary N) is 1. The number of amides is 2. The smallest absolute Gasteiger partial charge is 0.410 e. The quantitative estimate of drug-likeness (QED) is 0.798. The molecular formula is C19H28N2O4. The fraction of sp³-hybridized carbons (Fsp3) is 0.579. The molecule has 6 heteroatoms. The molecule has 138 valence electrons. The summed E-state index contributed by atoms with van der Waals surface area (Å²) in [5, 5.41) is 12.6. The van der Waals surface area contributed by atoms with Crippen LogP contribution in [0.1, 0.15) is 51.2 Å². The van der Waals surface area contributed by atoms with Gasteiger partial charge in [-0.15, -0.1) is 0 Å². The van der Waals surface area contributed by atoms with Gasteiger partial charge in [0.1, 0.15) is 17.4 Å². The predicted molar refractivity (Wildman–Crippen MR) is 96.8 cm³/mol. The third-order valence-corrected chi connectivity index (χ3v) is 4.20. The van der Waals surface area contributed by atoms with Gasteiger partial charge < -0.3 is 15.2 Å². The summed E-state index contributed by atoms with van der Waals surface area (Å²) in [5.74, 6) is -0.0523. The van der Waals surface area contributed by atoms with Crippen molar-refractivity contribution in [1.29, 1.82) is 0 Å². The van der Waals surface area contributed by atoms with Crippen LogP contribution in [0, 0.1) is 13.8 Å². The van der Waals surface area contributed by atoms with Crippen molar-refractivity contribution < 1.29 is 19.4 Å². The van der Waals surface area contributed by atoms with Gasteiger partial charge in [0.25, 0.3) is 0 Å². The second-order valence-electron chi connectivity index (χ2n) is 7.63. The van der Waals surface area contributed by atoms with Crippen molar-refractivity contribution in [2.75, 3.05) is 11.9 Å². The molecule has 0 unspecified atom stereocenters. The summed E-state index contributed by atoms with van der Waals surface area (Å²) >= 11 is 0. The first-order chi connectivity index (χ1) is 11.6. The van der Waals surface area contributed by atoms with Gasteiger partial charge in [-0.25, -0.2) is 4.79 Å². The van der Waals surface area contributed by atoms with E-state index in [9.17, 15) is 14.7 Å². The summed E-state index contributed by atoms with van der Waals surface area (Å²) in [7, 11) is 0. The number of hydrogen-bond donors (Lipinski definition) is 2. The van der Waals surface area contributed by atoms with Gasteiger partial charge in [-0.1, -0.05) is 0 Å². The number of carbonyl (C=O) groups excluding carboxylic acids is 2. The zero-order valence-corrected chi connectivity index (χ0v) is 15.7. The molecule has 1 aromatic carbocycles. The van der Waals surface area contributed by atoms with Gasteiger partial charge in [0.15, 0.2) is 0 Å². The van der Waals surface area contributed by atoms with Crippen molar-refractivity contribution in [2.45, 2.75) is 65.5 Å². The minimum Gasteiger partial charge on any atom is -0.508 e. The molecule has 0 saturated carbocycles. The summed E-state index contributed by atoms with van der Waals surface area (Å²) in [6.45, 7) is 9.61. The lowest BCUT2D eigenvalue weighted by Gasteiger charge is -2.36. The predicted octanol–water partition coefficient (Wildman–Crippen LogP) is 3.74. The van der Waals surface area contributed by atoms with Crippen LogP contribution in [0.5, 0.6) is 5.75 Å². The SMILES string of the molecule is Cc1cc(O)cc(C)c1NC(=O)[C@H]1CCCCN1C(=O)OC(C)(C)C. The third kappa shape index (κ3) is 4.87. The van der Waals surface area contributed by atoms with Crippen LogP contribution in [0.3, 0.4) is 0 Å². The summed E-state index contributed by atoms with van der Waals surface area (Å²) in [4.78, 5) is 26.8. The third-order valence-electron chi connectivity index (χ3n) is 4.20. The number of benzene rings is 1. The molecule has 1 atom stereocenters. The summed E-state index contributed by atoms with van der Waals surface area (Å²) in [6.07, 6.45) is 1.92. The Balaban J connectivity index is 2.17. The first-order valence-electron chi connectivity index (χ1n) is 8.69. The average molecular weight is 348 g/mol. The molecule has 0 radical (unpaired) electrons. The highest BCUT2D eigenvalue weighted by Gasteiger charge is 2.35. The molecule has 0 aromatic heterocycles. The molecule has 0 spiro atoms. The molecule has 1 saturated heterocycles. The van der Waals surface area contributed by atoms with Gasteiger partial charge in [-0.05, 0) is 77.1 Å². The van der Waals surface area contributed by atoms with Crippen molar-refractivity contribution in [3.05, 3.63) is 23.3 Å². The summed E-state index contributed by atoms with van der Waals surface area (Å²) in [5.41, 5.74) is 1.65. The van der Waals surface area contributed by atoms with Crippen molar-refractivity contribution in [3.8, 4) is 5.75 Å². The second kappa shape index (κ2) is 7.33. The number of piperidine rings is 1. The van der Waals surface area contributed by atoms with Gasteiger partial charge in [0, 0.05) is 12.2 Å². The van der Waals surface area contributed by atoms with E-state index in [4.69, 9.17) is 4.74 Å². The van der Waals surface area contributed by atoms with Gasteiger partial charge in [0.2, 0.25) is 5.91 Å². The van der Waals surface area contributed by atoms with E-state index in [-0.39, 0.29) is 11.7 Å². The van der Waals surface area contributed by atoms with Gasteiger partial charge in [-0.3, -0.25) is 9.69 Å². The van der Waals surface area contributed by atoms with E-state index in [0.717, 1.165) is 24.0 Å². The lowest BCUT2D eigenvalue weighted by molar-refractivity contribution is -0.122. The number of anilines is 1. The molecule has 1 aliphatic rings. The van der Waals surface area contributed by atoms with Crippen molar-refractivity contribution >= 4 is 17.7 Å². The van der Waals surface area contributed by atoms with Crippen LogP contribution in [0.2, 0.25) is 0 Å². The van der Waals surface area contributed by atoms with E-state index in [1.807, 2.05) is 34.6 Å². The van der Waals surface area contributed by atoms with Crippen LogP contribution >= 0.6 is 0 Å². The largest absolute Gasteiger partial charge is 0.508 e. The van der Waals surface area contributed by atoms with E-state index in [2.05, 4.69) is 5.32 Å². The molecule has 6 nitrogen and oxygen atoms in total. The highest BCUT2D eigenvalue weighted by atomic mass is 16.6. The van der Waals surface area contributed by atoms with Crippen molar-refractivity contribution in [3.63, 3.8) is 0 Å². The normalized spacial score (nSPS) is 18.0. The number of phenols is 1. The zero-order valence-electron chi connectivity index (χ0n) is 15.7. The number of phenolic OH excluding ortho intramolecular Hbond substituents is 1. The molecule has 1 fully saturated rings. The number of aryl methyl sites for hydroxylation is 2. The number of likely N-dealkylation sites (tertiary alicyclic amines) is 1. The number of aromatic hydroxyl groups is 1. The Morgan fingerprint density at radius 1 is 1.20 bits per heavy atom. The van der Waals surface area contributed by atoms with E-state index >= 15 is 0 Å². The number of ether oxygens (including phenoxy) is 1. The van der Waals surface area contributed by atoms with Crippen LogP contribution in [0.15, 0.2) is 12.1 Å². The van der Waals surface area contributed by atoms with Crippen molar-refractivity contribution in [2.24, 2.45) is 0 Å². The maximum atomic E-state index is 12.8. The Hall–Kier alpha value is -2.24. The van der Waals surface area contributed by atoms with Crippen molar-refractivity contribution in [1.82, 2.24) is 4.90 Å². The molecule has 0 bridgehead atoms. The molecule has 2 amide bonds. The van der Waals surface area contributed by atoms with Crippen LogP contribution in [0.4, 0.5) is 10.5 Å². The second-order valence-corrected chi connectivity index (χ2v) is 7.63. The number of hydrogen-bond acceptors (Lipinski definition) is 4. The standard InChI is InChI=1S/C19H28N2O4/c1-12-10-14(22)11-13(2)16(12)20-17(23)15-8-6-7-9-21(15)18(24)25-19(3,4)5/h10-11,15,22H,6-9H2,1-5H3,(H,20,23)/t15-/m1/s1. The van der Waals surface area contributed by atoms with Crippen LogP contribution in [0.25, 0.3) is 0 Å². The maximum absolute atomic E-state index is 12.8. The van der Waals surface area contributed by atoms with Crippen LogP contribution in [-0.4, -0.2) is 40.2 Å². The first-order valence-corrected chi connectivity index (χ1v) is 8.69. The Labute approximate surface area is 149 Å². The summed E-state index contributed by atoms with van der Waals surface area (Å²) < 4.78 is 5.44. The van der Waals surface area contributed by atoms with E-state index in [1.165, 1.54) is 4.90 Å². The molecule has 25 heavy (non-hydrogen) atoms. The lowest BCUT2D eigenvalue weighted by Crippen LogP contribution is -2.51. The Bertz CT molecular complexity index is 641. The topological polar surface area (TPSA) is 78.9 Å².